The molecule has 0 atom stereocenters. The van der Waals surface area contributed by atoms with Crippen molar-refractivity contribution in [3.63, 3.8) is 0 Å². The lowest BCUT2D eigenvalue weighted by Crippen LogP contribution is -3.20. The van der Waals surface area contributed by atoms with Gasteiger partial charge in [-0.2, -0.15) is 0 Å². The molecule has 1 heterocycles. The quantitative estimate of drug-likeness (QED) is 0.879. The second kappa shape index (κ2) is 5.26. The van der Waals surface area contributed by atoms with Gasteiger partial charge in [0.25, 0.3) is 0 Å². The van der Waals surface area contributed by atoms with Crippen LogP contribution in [-0.4, -0.2) is 32.2 Å². The van der Waals surface area contributed by atoms with Gasteiger partial charge in [-0.25, -0.2) is 0 Å². The number of quaternary nitrogens is 1. The molecule has 2 heteroatoms. The fourth-order valence-corrected chi connectivity index (χ4v) is 6.62. The Kier molecular flexibility index (Phi) is 3.21. The van der Waals surface area contributed by atoms with E-state index in [1.165, 1.54) is 31.9 Å². The third-order valence-electron chi connectivity index (χ3n) is 7.23. The van der Waals surface area contributed by atoms with E-state index in [4.69, 9.17) is 0 Å². The van der Waals surface area contributed by atoms with Gasteiger partial charge in [0.15, 0.2) is 0 Å². The van der Waals surface area contributed by atoms with Gasteiger partial charge in [-0.1, -0.05) is 18.2 Å². The highest BCUT2D eigenvalue weighted by Crippen LogP contribution is 2.53. The normalized spacial score (nSPS) is 41.1. The summed E-state index contributed by atoms with van der Waals surface area (Å²) in [5.74, 6) is 4.39. The Labute approximate surface area is 134 Å². The SMILES string of the molecule is c1ccc(N2CC[NH+](C3C4CC5CC(C4)CC3C5)CC2)cc1. The molecule has 0 unspecified atom stereocenters. The van der Waals surface area contributed by atoms with Gasteiger partial charge in [0, 0.05) is 17.5 Å². The van der Waals surface area contributed by atoms with Crippen molar-refractivity contribution >= 4 is 5.69 Å². The third kappa shape index (κ3) is 2.19. The van der Waals surface area contributed by atoms with Crippen LogP contribution in [-0.2, 0) is 0 Å². The molecule has 0 amide bonds. The minimum atomic E-state index is 1.02. The molecule has 1 aromatic rings. The Bertz CT molecular complexity index is 490. The van der Waals surface area contributed by atoms with Crippen molar-refractivity contribution in [3.05, 3.63) is 30.3 Å². The zero-order valence-electron chi connectivity index (χ0n) is 13.6. The first kappa shape index (κ1) is 13.4. The van der Waals surface area contributed by atoms with Crippen LogP contribution in [0.1, 0.15) is 32.1 Å². The number of anilines is 1. The molecular formula is C20H29N2+. The van der Waals surface area contributed by atoms with E-state index in [0.717, 1.165) is 29.7 Å². The van der Waals surface area contributed by atoms with E-state index >= 15 is 0 Å². The molecular weight excluding hydrogens is 268 g/mol. The van der Waals surface area contributed by atoms with Gasteiger partial charge < -0.3 is 9.80 Å². The van der Waals surface area contributed by atoms with Gasteiger partial charge in [0.05, 0.1) is 32.2 Å². The van der Waals surface area contributed by atoms with Crippen LogP contribution in [0, 0.1) is 23.7 Å². The summed E-state index contributed by atoms with van der Waals surface area (Å²) in [4.78, 5) is 4.56. The lowest BCUT2D eigenvalue weighted by atomic mass is 9.54. The number of para-hydroxylation sites is 1. The van der Waals surface area contributed by atoms with Gasteiger partial charge >= 0.3 is 0 Å². The molecule has 22 heavy (non-hydrogen) atoms. The third-order valence-corrected chi connectivity index (χ3v) is 7.23. The van der Waals surface area contributed by atoms with Crippen LogP contribution in [0.25, 0.3) is 0 Å². The summed E-state index contributed by atoms with van der Waals surface area (Å²) < 4.78 is 0. The lowest BCUT2D eigenvalue weighted by molar-refractivity contribution is -0.936. The molecule has 1 aromatic carbocycles. The molecule has 5 aliphatic rings. The number of nitrogens with one attached hydrogen (secondary N) is 1. The Hall–Kier alpha value is -1.02. The van der Waals surface area contributed by atoms with Crippen LogP contribution in [0.5, 0.6) is 0 Å². The molecule has 1 N–H and O–H groups in total. The molecule has 118 valence electrons. The van der Waals surface area contributed by atoms with E-state index in [2.05, 4.69) is 35.2 Å². The number of nitrogens with zero attached hydrogens (tertiary/aromatic N) is 1. The number of piperazine rings is 1. The van der Waals surface area contributed by atoms with E-state index < -0.39 is 0 Å². The van der Waals surface area contributed by atoms with Crippen LogP contribution in [0.3, 0.4) is 0 Å². The predicted molar refractivity (Wildman–Crippen MR) is 90.2 cm³/mol. The summed E-state index contributed by atoms with van der Waals surface area (Å²) in [5, 5.41) is 0. The molecule has 6 rings (SSSR count). The van der Waals surface area contributed by atoms with E-state index in [9.17, 15) is 0 Å². The maximum absolute atomic E-state index is 2.60. The molecule has 2 nitrogen and oxygen atoms in total. The summed E-state index contributed by atoms with van der Waals surface area (Å²) in [6.45, 7) is 5.23. The van der Waals surface area contributed by atoms with Crippen molar-refractivity contribution < 1.29 is 4.90 Å². The minimum absolute atomic E-state index is 1.02. The van der Waals surface area contributed by atoms with Crippen LogP contribution in [0.2, 0.25) is 0 Å². The molecule has 4 aliphatic carbocycles. The van der Waals surface area contributed by atoms with Gasteiger partial charge in [-0.05, 0) is 56.1 Å². The summed E-state index contributed by atoms with van der Waals surface area (Å²) in [5.41, 5.74) is 1.42. The van der Waals surface area contributed by atoms with Crippen LogP contribution in [0.4, 0.5) is 5.69 Å². The second-order valence-corrected chi connectivity index (χ2v) is 8.44. The highest BCUT2D eigenvalue weighted by atomic mass is 15.3. The molecule has 4 saturated carbocycles. The molecule has 1 saturated heterocycles. The van der Waals surface area contributed by atoms with Crippen molar-refractivity contribution in [1.29, 1.82) is 0 Å². The van der Waals surface area contributed by atoms with Crippen molar-refractivity contribution in [2.24, 2.45) is 23.7 Å². The molecule has 0 radical (unpaired) electrons. The molecule has 5 fully saturated rings. The van der Waals surface area contributed by atoms with Crippen LogP contribution >= 0.6 is 0 Å². The average Bonchev–Trinajstić information content (AvgIpc) is 2.55. The number of rotatable bonds is 2. The highest BCUT2D eigenvalue weighted by molar-refractivity contribution is 5.46. The fourth-order valence-electron chi connectivity index (χ4n) is 6.62. The highest BCUT2D eigenvalue weighted by Gasteiger charge is 2.52. The van der Waals surface area contributed by atoms with Crippen molar-refractivity contribution in [2.45, 2.75) is 38.1 Å². The topological polar surface area (TPSA) is 7.68 Å². The number of benzene rings is 1. The summed E-state index contributed by atoms with van der Waals surface area (Å²) >= 11 is 0. The minimum Gasteiger partial charge on any atom is -0.360 e. The number of hydrogen-bond acceptors (Lipinski definition) is 1. The fraction of sp³-hybridized carbons (Fsp3) is 0.700. The van der Waals surface area contributed by atoms with Crippen LogP contribution < -0.4 is 9.80 Å². The smallest absolute Gasteiger partial charge is 0.0951 e. The Morgan fingerprint density at radius 1 is 0.773 bits per heavy atom. The summed E-state index contributed by atoms with van der Waals surface area (Å²) in [6, 6.07) is 12.0. The molecule has 4 bridgehead atoms. The van der Waals surface area contributed by atoms with Gasteiger partial charge in [-0.3, -0.25) is 0 Å². The van der Waals surface area contributed by atoms with E-state index in [-0.39, 0.29) is 0 Å². The first-order chi connectivity index (χ1) is 10.9. The number of hydrogen-bond donors (Lipinski definition) is 1. The van der Waals surface area contributed by atoms with Gasteiger partial charge in [0.2, 0.25) is 0 Å². The molecule has 1 aliphatic heterocycles. The Morgan fingerprint density at radius 2 is 1.36 bits per heavy atom. The standard InChI is InChI=1S/C20H28N2/c1-2-4-19(5-3-1)21-6-8-22(9-7-21)20-17-11-15-10-16(13-17)14-18(20)12-15/h1-5,15-18,20H,6-14H2/p+1. The zero-order chi connectivity index (χ0) is 14.5. The molecule has 0 spiro atoms. The van der Waals surface area contributed by atoms with E-state index in [1.54, 1.807) is 32.1 Å². The molecule has 0 aromatic heterocycles. The average molecular weight is 297 g/mol. The second-order valence-electron chi connectivity index (χ2n) is 8.44. The Balaban J connectivity index is 1.27. The Morgan fingerprint density at radius 3 is 1.95 bits per heavy atom. The summed E-state index contributed by atoms with van der Waals surface area (Å²) in [6.07, 6.45) is 7.87. The van der Waals surface area contributed by atoms with E-state index in [1.807, 2.05) is 4.90 Å². The summed E-state index contributed by atoms with van der Waals surface area (Å²) in [7, 11) is 0. The predicted octanol–water partition coefficient (Wildman–Crippen LogP) is 2.22. The lowest BCUT2D eigenvalue weighted by Gasteiger charge is -2.56. The van der Waals surface area contributed by atoms with E-state index in [0.29, 0.717) is 0 Å². The van der Waals surface area contributed by atoms with Crippen molar-refractivity contribution in [2.75, 3.05) is 31.1 Å². The maximum atomic E-state index is 2.60. The zero-order valence-corrected chi connectivity index (χ0v) is 13.6. The van der Waals surface area contributed by atoms with Crippen molar-refractivity contribution in [1.82, 2.24) is 0 Å². The van der Waals surface area contributed by atoms with Gasteiger partial charge in [-0.15, -0.1) is 0 Å². The monoisotopic (exact) mass is 297 g/mol. The maximum Gasteiger partial charge on any atom is 0.0951 e. The van der Waals surface area contributed by atoms with Crippen molar-refractivity contribution in [3.8, 4) is 0 Å². The first-order valence-electron chi connectivity index (χ1n) is 9.51. The first-order valence-corrected chi connectivity index (χ1v) is 9.51. The van der Waals surface area contributed by atoms with Crippen LogP contribution in [0.15, 0.2) is 30.3 Å². The largest absolute Gasteiger partial charge is 0.360 e. The van der Waals surface area contributed by atoms with Gasteiger partial charge in [0.1, 0.15) is 0 Å².